The lowest BCUT2D eigenvalue weighted by molar-refractivity contribution is -0.120. The van der Waals surface area contributed by atoms with Crippen LogP contribution in [0, 0.1) is 0 Å². The van der Waals surface area contributed by atoms with E-state index in [2.05, 4.69) is 0 Å². The molecule has 162 valence electrons. The van der Waals surface area contributed by atoms with Crippen LogP contribution >= 0.6 is 0 Å². The molecule has 31 heavy (non-hydrogen) atoms. The number of para-hydroxylation sites is 2. The third kappa shape index (κ3) is 3.60. The summed E-state index contributed by atoms with van der Waals surface area (Å²) >= 11 is 0. The second-order valence-electron chi connectivity index (χ2n) is 7.33. The number of carbonyl (C=O) groups excluding carboxylic acids is 2. The van der Waals surface area contributed by atoms with Gasteiger partial charge >= 0.3 is 0 Å². The van der Waals surface area contributed by atoms with Crippen LogP contribution < -0.4 is 19.1 Å². The lowest BCUT2D eigenvalue weighted by Crippen LogP contribution is -2.34. The summed E-state index contributed by atoms with van der Waals surface area (Å²) in [4.78, 5) is 30.5. The lowest BCUT2D eigenvalue weighted by atomic mass is 10.0. The number of hydrogen-bond acceptors (Lipinski definition) is 6. The Morgan fingerprint density at radius 1 is 0.871 bits per heavy atom. The van der Waals surface area contributed by atoms with Gasteiger partial charge in [0.25, 0.3) is 11.8 Å². The van der Waals surface area contributed by atoms with Crippen molar-refractivity contribution < 1.29 is 23.8 Å². The van der Waals surface area contributed by atoms with Gasteiger partial charge in [-0.15, -0.1) is 0 Å². The Kier molecular flexibility index (Phi) is 5.84. The van der Waals surface area contributed by atoms with E-state index in [0.717, 1.165) is 25.9 Å². The van der Waals surface area contributed by atoms with E-state index in [9.17, 15) is 9.59 Å². The predicted molar refractivity (Wildman–Crippen MR) is 117 cm³/mol. The Morgan fingerprint density at radius 2 is 1.58 bits per heavy atom. The predicted octanol–water partition coefficient (Wildman–Crippen LogP) is 3.48. The number of rotatable bonds is 7. The number of amides is 2. The van der Waals surface area contributed by atoms with Crippen LogP contribution in [0.1, 0.15) is 25.3 Å². The van der Waals surface area contributed by atoms with Crippen molar-refractivity contribution in [3.63, 3.8) is 0 Å². The molecule has 2 aliphatic heterocycles. The zero-order chi connectivity index (χ0) is 22.0. The van der Waals surface area contributed by atoms with Gasteiger partial charge in [-0.05, 0) is 49.6 Å². The van der Waals surface area contributed by atoms with Crippen LogP contribution in [0.2, 0.25) is 0 Å². The van der Waals surface area contributed by atoms with Crippen molar-refractivity contribution in [2.24, 2.45) is 0 Å². The molecule has 1 saturated heterocycles. The van der Waals surface area contributed by atoms with Crippen LogP contribution in [-0.2, 0) is 9.59 Å². The summed E-state index contributed by atoms with van der Waals surface area (Å²) in [5, 5.41) is 0. The molecule has 7 heteroatoms. The van der Waals surface area contributed by atoms with Gasteiger partial charge in [-0.25, -0.2) is 4.90 Å². The summed E-state index contributed by atoms with van der Waals surface area (Å²) in [5.74, 6) is 0.864. The number of hydrogen-bond donors (Lipinski definition) is 0. The highest BCUT2D eigenvalue weighted by atomic mass is 16.5. The number of likely N-dealkylation sites (tertiary alicyclic amines) is 1. The fourth-order valence-electron chi connectivity index (χ4n) is 4.14. The van der Waals surface area contributed by atoms with Crippen LogP contribution in [0.4, 0.5) is 5.69 Å². The first-order valence-corrected chi connectivity index (χ1v) is 10.4. The Labute approximate surface area is 181 Å². The molecule has 7 nitrogen and oxygen atoms in total. The highest BCUT2D eigenvalue weighted by molar-refractivity contribution is 6.45. The number of nitrogens with zero attached hydrogens (tertiary/aromatic N) is 2. The van der Waals surface area contributed by atoms with Crippen molar-refractivity contribution in [3.05, 3.63) is 53.7 Å². The minimum Gasteiger partial charge on any atom is -0.493 e. The number of anilines is 1. The van der Waals surface area contributed by atoms with Crippen LogP contribution in [0.15, 0.2) is 48.2 Å². The minimum absolute atomic E-state index is 0.330. The van der Waals surface area contributed by atoms with Gasteiger partial charge in [-0.2, -0.15) is 0 Å². The van der Waals surface area contributed by atoms with Gasteiger partial charge in [0, 0.05) is 13.1 Å². The highest BCUT2D eigenvalue weighted by Gasteiger charge is 2.44. The van der Waals surface area contributed by atoms with E-state index < -0.39 is 0 Å². The summed E-state index contributed by atoms with van der Waals surface area (Å²) in [6, 6.07) is 12.4. The molecule has 0 aliphatic carbocycles. The lowest BCUT2D eigenvalue weighted by Gasteiger charge is -2.21. The molecular weight excluding hydrogens is 396 g/mol. The molecule has 2 amide bonds. The quantitative estimate of drug-likeness (QED) is 0.637. The summed E-state index contributed by atoms with van der Waals surface area (Å²) in [5.41, 5.74) is 1.88. The van der Waals surface area contributed by atoms with Crippen LogP contribution in [0.5, 0.6) is 17.2 Å². The van der Waals surface area contributed by atoms with E-state index in [4.69, 9.17) is 14.2 Å². The average molecular weight is 422 g/mol. The molecule has 0 N–H and O–H groups in total. The van der Waals surface area contributed by atoms with E-state index in [0.29, 0.717) is 46.4 Å². The summed E-state index contributed by atoms with van der Waals surface area (Å²) in [7, 11) is 3.10. The molecular formula is C24H26N2O5. The summed E-state index contributed by atoms with van der Waals surface area (Å²) in [6.07, 6.45) is 1.97. The standard InChI is InChI=1S/C24H26N2O5/c1-4-31-18-10-6-5-9-17(18)26-23(27)21(22(24(26)28)25-13-7-8-14-25)16-11-12-19(29-2)20(15-16)30-3/h5-6,9-12,15H,4,7-8,13-14H2,1-3H3. The second-order valence-corrected chi connectivity index (χ2v) is 7.33. The Hall–Kier alpha value is -3.48. The van der Waals surface area contributed by atoms with Crippen molar-refractivity contribution in [2.75, 3.05) is 38.8 Å². The third-order valence-corrected chi connectivity index (χ3v) is 5.56. The van der Waals surface area contributed by atoms with Gasteiger partial charge in [0.05, 0.1) is 32.1 Å². The Morgan fingerprint density at radius 3 is 2.26 bits per heavy atom. The zero-order valence-corrected chi connectivity index (χ0v) is 18.0. The molecule has 0 atom stereocenters. The normalized spacial score (nSPS) is 16.4. The third-order valence-electron chi connectivity index (χ3n) is 5.56. The largest absolute Gasteiger partial charge is 0.493 e. The summed E-state index contributed by atoms with van der Waals surface area (Å²) in [6.45, 7) is 3.79. The van der Waals surface area contributed by atoms with Gasteiger partial charge in [0.2, 0.25) is 0 Å². The van der Waals surface area contributed by atoms with Gasteiger partial charge in [-0.1, -0.05) is 18.2 Å². The van der Waals surface area contributed by atoms with Crippen molar-refractivity contribution in [1.29, 1.82) is 0 Å². The molecule has 0 aromatic heterocycles. The van der Waals surface area contributed by atoms with Crippen molar-refractivity contribution in [2.45, 2.75) is 19.8 Å². The van der Waals surface area contributed by atoms with E-state index in [1.807, 2.05) is 17.9 Å². The van der Waals surface area contributed by atoms with Gasteiger partial charge in [0.1, 0.15) is 11.4 Å². The van der Waals surface area contributed by atoms with Crippen LogP contribution in [-0.4, -0.2) is 50.6 Å². The molecule has 0 saturated carbocycles. The van der Waals surface area contributed by atoms with E-state index >= 15 is 0 Å². The van der Waals surface area contributed by atoms with Gasteiger partial charge in [-0.3, -0.25) is 9.59 Å². The maximum absolute atomic E-state index is 13.7. The zero-order valence-electron chi connectivity index (χ0n) is 18.0. The van der Waals surface area contributed by atoms with Crippen LogP contribution in [0.25, 0.3) is 5.57 Å². The number of ether oxygens (including phenoxy) is 3. The first-order valence-electron chi connectivity index (χ1n) is 10.4. The van der Waals surface area contributed by atoms with E-state index in [1.54, 1.807) is 50.6 Å². The monoisotopic (exact) mass is 422 g/mol. The first-order chi connectivity index (χ1) is 15.1. The fraction of sp³-hybridized carbons (Fsp3) is 0.333. The maximum atomic E-state index is 13.7. The van der Waals surface area contributed by atoms with E-state index in [1.165, 1.54) is 4.90 Å². The summed E-state index contributed by atoms with van der Waals surface area (Å²) < 4.78 is 16.5. The fourth-order valence-corrected chi connectivity index (χ4v) is 4.14. The van der Waals surface area contributed by atoms with Crippen molar-refractivity contribution >= 4 is 23.1 Å². The molecule has 0 bridgehead atoms. The SMILES string of the molecule is CCOc1ccccc1N1C(=O)C(c2ccc(OC)c(OC)c2)=C(N2CCCC2)C1=O. The molecule has 0 unspecified atom stereocenters. The number of methoxy groups -OCH3 is 2. The topological polar surface area (TPSA) is 68.3 Å². The van der Waals surface area contributed by atoms with Gasteiger partial charge in [0.15, 0.2) is 11.5 Å². The van der Waals surface area contributed by atoms with E-state index in [-0.39, 0.29) is 11.8 Å². The Balaban J connectivity index is 1.85. The van der Waals surface area contributed by atoms with Crippen LogP contribution in [0.3, 0.4) is 0 Å². The minimum atomic E-state index is -0.369. The van der Waals surface area contributed by atoms with Crippen molar-refractivity contribution in [1.82, 2.24) is 4.90 Å². The average Bonchev–Trinajstić information content (AvgIpc) is 3.40. The molecule has 4 rings (SSSR count). The number of carbonyl (C=O) groups is 2. The molecule has 1 fully saturated rings. The number of imide groups is 1. The smallest absolute Gasteiger partial charge is 0.282 e. The maximum Gasteiger partial charge on any atom is 0.282 e. The van der Waals surface area contributed by atoms with Gasteiger partial charge < -0.3 is 19.1 Å². The molecule has 2 heterocycles. The second kappa shape index (κ2) is 8.71. The molecule has 2 aliphatic rings. The molecule has 2 aromatic rings. The number of benzene rings is 2. The van der Waals surface area contributed by atoms with Crippen molar-refractivity contribution in [3.8, 4) is 17.2 Å². The highest BCUT2D eigenvalue weighted by Crippen LogP contribution is 2.41. The molecule has 2 aromatic carbocycles. The molecule has 0 spiro atoms. The first kappa shape index (κ1) is 20.8. The Bertz CT molecular complexity index is 1040. The molecule has 0 radical (unpaired) electrons.